The highest BCUT2D eigenvalue weighted by atomic mass is 32.2. The fourth-order valence-electron chi connectivity index (χ4n) is 2.77. The topological polar surface area (TPSA) is 72.0 Å². The molecule has 0 bridgehead atoms. The Balaban J connectivity index is 1.90. The van der Waals surface area contributed by atoms with E-state index in [4.69, 9.17) is 0 Å². The van der Waals surface area contributed by atoms with E-state index in [1.54, 1.807) is 6.92 Å². The number of benzene rings is 2. The molecule has 0 radical (unpaired) electrons. The van der Waals surface area contributed by atoms with Crippen molar-refractivity contribution in [1.82, 2.24) is 15.3 Å². The molecule has 0 saturated heterocycles. The van der Waals surface area contributed by atoms with Gasteiger partial charge in [-0.3, -0.25) is 9.00 Å². The van der Waals surface area contributed by atoms with E-state index in [0.29, 0.717) is 5.56 Å². The summed E-state index contributed by atoms with van der Waals surface area (Å²) in [6.45, 7) is 3.70. The molecule has 128 valence electrons. The van der Waals surface area contributed by atoms with Gasteiger partial charge in [-0.05, 0) is 35.7 Å². The first-order valence-electron chi connectivity index (χ1n) is 7.93. The fraction of sp³-hybridized carbons (Fsp3) is 0.211. The van der Waals surface area contributed by atoms with Crippen LogP contribution in [0.5, 0.6) is 0 Å². The Hall–Kier alpha value is -2.60. The van der Waals surface area contributed by atoms with E-state index < -0.39 is 10.8 Å². The largest absolute Gasteiger partial charge is 0.344 e. The molecule has 3 aromatic rings. The minimum Gasteiger partial charge on any atom is -0.344 e. The maximum atomic E-state index is 12.7. The Labute approximate surface area is 149 Å². The molecule has 2 aromatic carbocycles. The number of rotatable bonds is 4. The van der Waals surface area contributed by atoms with Gasteiger partial charge in [0.05, 0.1) is 16.8 Å². The highest BCUT2D eigenvalue weighted by Gasteiger charge is 2.18. The van der Waals surface area contributed by atoms with Gasteiger partial charge in [0.15, 0.2) is 0 Å². The second kappa shape index (κ2) is 7.11. The molecule has 5 nitrogen and oxygen atoms in total. The summed E-state index contributed by atoms with van der Waals surface area (Å²) in [4.78, 5) is 20.8. The fourth-order valence-corrected chi connectivity index (χ4v) is 3.19. The molecule has 6 heteroatoms. The van der Waals surface area contributed by atoms with E-state index in [1.165, 1.54) is 12.5 Å². The van der Waals surface area contributed by atoms with Crippen molar-refractivity contribution in [3.8, 4) is 0 Å². The summed E-state index contributed by atoms with van der Waals surface area (Å²) in [6.07, 6.45) is 3.02. The van der Waals surface area contributed by atoms with Crippen LogP contribution < -0.4 is 5.32 Å². The molecule has 2 atom stereocenters. The van der Waals surface area contributed by atoms with Crippen molar-refractivity contribution in [3.63, 3.8) is 0 Å². The van der Waals surface area contributed by atoms with E-state index in [1.807, 2.05) is 49.4 Å². The Bertz CT molecular complexity index is 967. The lowest BCUT2D eigenvalue weighted by atomic mass is 9.99. The maximum absolute atomic E-state index is 12.7. The molecule has 3 rings (SSSR count). The molecule has 0 fully saturated rings. The van der Waals surface area contributed by atoms with Crippen molar-refractivity contribution in [2.75, 3.05) is 6.26 Å². The number of nitrogens with one attached hydrogen (secondary N) is 1. The highest BCUT2D eigenvalue weighted by Crippen LogP contribution is 2.24. The van der Waals surface area contributed by atoms with Crippen LogP contribution in [0.2, 0.25) is 0 Å². The average Bonchev–Trinajstić information content (AvgIpc) is 2.61. The van der Waals surface area contributed by atoms with E-state index in [0.717, 1.165) is 16.3 Å². The third-order valence-corrected chi connectivity index (χ3v) is 4.77. The number of aromatic nitrogens is 2. The van der Waals surface area contributed by atoms with Crippen LogP contribution >= 0.6 is 0 Å². The molecule has 1 heterocycles. The molecule has 1 unspecified atom stereocenters. The van der Waals surface area contributed by atoms with Gasteiger partial charge in [-0.2, -0.15) is 0 Å². The summed E-state index contributed by atoms with van der Waals surface area (Å²) in [5.74, 6) is -0.299. The van der Waals surface area contributed by atoms with Gasteiger partial charge in [0, 0.05) is 12.5 Å². The van der Waals surface area contributed by atoms with Crippen LogP contribution in [-0.2, 0) is 10.8 Å². The second-order valence-electron chi connectivity index (χ2n) is 5.90. The summed E-state index contributed by atoms with van der Waals surface area (Å²) in [5.41, 5.74) is 1.95. The average molecular weight is 353 g/mol. The lowest BCUT2D eigenvalue weighted by molar-refractivity contribution is 0.0933. The first-order valence-corrected chi connectivity index (χ1v) is 9.49. The summed E-state index contributed by atoms with van der Waals surface area (Å²) in [5, 5.41) is 5.38. The Morgan fingerprint density at radius 2 is 1.88 bits per heavy atom. The van der Waals surface area contributed by atoms with Crippen molar-refractivity contribution in [2.45, 2.75) is 25.0 Å². The quantitative estimate of drug-likeness (QED) is 0.731. The molecular weight excluding hydrogens is 334 g/mol. The molecule has 0 saturated carbocycles. The number of amides is 1. The number of hydrogen-bond acceptors (Lipinski definition) is 4. The van der Waals surface area contributed by atoms with E-state index in [9.17, 15) is 9.00 Å². The number of carbonyl (C=O) groups is 1. The first-order chi connectivity index (χ1) is 12.0. The summed E-state index contributed by atoms with van der Waals surface area (Å²) >= 11 is 0. The predicted molar refractivity (Wildman–Crippen MR) is 98.9 cm³/mol. The number of aryl methyl sites for hydroxylation is 1. The first kappa shape index (κ1) is 17.2. The molecule has 1 amide bonds. The van der Waals surface area contributed by atoms with Crippen molar-refractivity contribution >= 4 is 27.5 Å². The number of fused-ring (bicyclic) bond motifs is 1. The Kier molecular flexibility index (Phi) is 4.90. The minimum atomic E-state index is -1.33. The van der Waals surface area contributed by atoms with Crippen LogP contribution in [-0.4, -0.2) is 26.3 Å². The number of nitrogens with zero attached hydrogens (tertiary/aromatic N) is 2. The van der Waals surface area contributed by atoms with Gasteiger partial charge in [0.2, 0.25) is 5.16 Å². The monoisotopic (exact) mass is 353 g/mol. The van der Waals surface area contributed by atoms with E-state index in [-0.39, 0.29) is 22.8 Å². The normalized spacial score (nSPS) is 13.4. The molecule has 25 heavy (non-hydrogen) atoms. The summed E-state index contributed by atoms with van der Waals surface area (Å²) < 4.78 is 11.6. The Morgan fingerprint density at radius 1 is 1.16 bits per heavy atom. The molecule has 0 spiro atoms. The van der Waals surface area contributed by atoms with Crippen molar-refractivity contribution in [1.29, 1.82) is 0 Å². The zero-order valence-electron chi connectivity index (χ0n) is 14.3. The van der Waals surface area contributed by atoms with Gasteiger partial charge in [-0.15, -0.1) is 0 Å². The van der Waals surface area contributed by atoms with Gasteiger partial charge in [0.1, 0.15) is 5.69 Å². The number of hydrogen-bond donors (Lipinski definition) is 1. The van der Waals surface area contributed by atoms with Gasteiger partial charge in [-0.25, -0.2) is 9.97 Å². The predicted octanol–water partition coefficient (Wildman–Crippen LogP) is 3.17. The van der Waals surface area contributed by atoms with Crippen LogP contribution in [0.1, 0.15) is 34.6 Å². The smallest absolute Gasteiger partial charge is 0.270 e. The second-order valence-corrected chi connectivity index (χ2v) is 7.18. The lowest BCUT2D eigenvalue weighted by Crippen LogP contribution is -2.28. The molecule has 0 aliphatic carbocycles. The zero-order valence-corrected chi connectivity index (χ0v) is 15.1. The van der Waals surface area contributed by atoms with E-state index in [2.05, 4.69) is 15.3 Å². The highest BCUT2D eigenvalue weighted by molar-refractivity contribution is 7.84. The molecule has 0 aliphatic heterocycles. The van der Waals surface area contributed by atoms with Crippen LogP contribution in [0.3, 0.4) is 0 Å². The summed E-state index contributed by atoms with van der Waals surface area (Å²) in [6, 6.07) is 13.9. The van der Waals surface area contributed by atoms with E-state index >= 15 is 0 Å². The summed E-state index contributed by atoms with van der Waals surface area (Å²) in [7, 11) is -1.33. The van der Waals surface area contributed by atoms with Crippen molar-refractivity contribution in [3.05, 3.63) is 65.5 Å². The van der Waals surface area contributed by atoms with Crippen LogP contribution in [0, 0.1) is 6.92 Å². The minimum absolute atomic E-state index is 0.161. The SMILES string of the molecule is Cc1cnc(S(C)=O)nc1C(=O)N[C@H](C)c1cccc2ccccc12. The maximum Gasteiger partial charge on any atom is 0.270 e. The zero-order chi connectivity index (χ0) is 18.0. The van der Waals surface area contributed by atoms with Gasteiger partial charge >= 0.3 is 0 Å². The molecule has 0 aliphatic rings. The lowest BCUT2D eigenvalue weighted by Gasteiger charge is -2.17. The van der Waals surface area contributed by atoms with Crippen LogP contribution in [0.25, 0.3) is 10.8 Å². The van der Waals surface area contributed by atoms with Gasteiger partial charge in [0.25, 0.3) is 5.91 Å². The third kappa shape index (κ3) is 3.58. The van der Waals surface area contributed by atoms with Gasteiger partial charge < -0.3 is 5.32 Å². The standard InChI is InChI=1S/C19H19N3O2S/c1-12-11-20-19(25(3)24)22-17(12)18(23)21-13(2)15-10-6-8-14-7-4-5-9-16(14)15/h4-11,13H,1-3H3,(H,21,23)/t13-,25?/m1/s1. The Morgan fingerprint density at radius 3 is 2.64 bits per heavy atom. The molecular formula is C19H19N3O2S. The number of carbonyl (C=O) groups excluding carboxylic acids is 1. The molecule has 1 N–H and O–H groups in total. The van der Waals surface area contributed by atoms with Crippen LogP contribution in [0.4, 0.5) is 0 Å². The van der Waals surface area contributed by atoms with Crippen LogP contribution in [0.15, 0.2) is 53.8 Å². The van der Waals surface area contributed by atoms with Gasteiger partial charge in [-0.1, -0.05) is 42.5 Å². The third-order valence-electron chi connectivity index (χ3n) is 4.06. The molecule has 1 aromatic heterocycles. The van der Waals surface area contributed by atoms with Crippen molar-refractivity contribution < 1.29 is 9.00 Å². The van der Waals surface area contributed by atoms with Crippen molar-refractivity contribution in [2.24, 2.45) is 0 Å².